The van der Waals surface area contributed by atoms with Crippen molar-refractivity contribution in [3.63, 3.8) is 0 Å². The molecular formula is C21H24ClN3O4. The summed E-state index contributed by atoms with van der Waals surface area (Å²) in [6.07, 6.45) is 0. The van der Waals surface area contributed by atoms with Gasteiger partial charge >= 0.3 is 5.97 Å². The number of aryl methyl sites for hydroxylation is 2. The summed E-state index contributed by atoms with van der Waals surface area (Å²) >= 11 is 5.95. The van der Waals surface area contributed by atoms with Crippen LogP contribution < -0.4 is 11.1 Å². The number of carbonyl (C=O) groups excluding carboxylic acids is 3. The Morgan fingerprint density at radius 1 is 1.14 bits per heavy atom. The predicted molar refractivity (Wildman–Crippen MR) is 113 cm³/mol. The number of carbonyl (C=O) groups is 3. The Morgan fingerprint density at radius 2 is 1.86 bits per heavy atom. The van der Waals surface area contributed by atoms with Crippen LogP contribution in [0.1, 0.15) is 28.4 Å². The van der Waals surface area contributed by atoms with Crippen LogP contribution in [0.3, 0.4) is 0 Å². The molecule has 0 saturated carbocycles. The molecule has 7 nitrogen and oxygen atoms in total. The summed E-state index contributed by atoms with van der Waals surface area (Å²) in [5.41, 5.74) is 8.57. The zero-order chi connectivity index (χ0) is 21.6. The first-order valence-electron chi connectivity index (χ1n) is 9.09. The van der Waals surface area contributed by atoms with Crippen molar-refractivity contribution < 1.29 is 19.1 Å². The fraction of sp³-hybridized carbons (Fsp3) is 0.286. The van der Waals surface area contributed by atoms with E-state index < -0.39 is 18.5 Å². The largest absolute Gasteiger partial charge is 0.452 e. The molecule has 154 valence electrons. The highest BCUT2D eigenvalue weighted by atomic mass is 35.5. The van der Waals surface area contributed by atoms with E-state index in [1.54, 1.807) is 44.2 Å². The van der Waals surface area contributed by atoms with Crippen molar-refractivity contribution in [2.24, 2.45) is 0 Å². The molecule has 2 aromatic carbocycles. The number of nitrogens with zero attached hydrogens (tertiary/aromatic N) is 1. The predicted octanol–water partition coefficient (Wildman–Crippen LogP) is 3.18. The molecule has 0 aliphatic heterocycles. The van der Waals surface area contributed by atoms with Crippen molar-refractivity contribution in [1.82, 2.24) is 4.90 Å². The van der Waals surface area contributed by atoms with Crippen LogP contribution in [-0.2, 0) is 14.3 Å². The minimum Gasteiger partial charge on any atom is -0.452 e. The third-order valence-electron chi connectivity index (χ3n) is 4.41. The Bertz CT molecular complexity index is 930. The molecule has 0 unspecified atom stereocenters. The average Bonchev–Trinajstić information content (AvgIpc) is 2.68. The first-order chi connectivity index (χ1) is 13.7. The van der Waals surface area contributed by atoms with Gasteiger partial charge in [0.1, 0.15) is 0 Å². The highest BCUT2D eigenvalue weighted by Crippen LogP contribution is 2.20. The molecule has 2 aromatic rings. The molecular weight excluding hydrogens is 394 g/mol. The van der Waals surface area contributed by atoms with Gasteiger partial charge in [-0.15, -0.1) is 0 Å². The Morgan fingerprint density at radius 3 is 2.55 bits per heavy atom. The Balaban J connectivity index is 1.94. The van der Waals surface area contributed by atoms with E-state index in [0.717, 1.165) is 11.1 Å². The molecule has 0 atom stereocenters. The second-order valence-corrected chi connectivity index (χ2v) is 6.96. The van der Waals surface area contributed by atoms with E-state index in [1.165, 1.54) is 11.0 Å². The van der Waals surface area contributed by atoms with Gasteiger partial charge in [-0.3, -0.25) is 9.59 Å². The zero-order valence-electron chi connectivity index (χ0n) is 16.6. The number of rotatable bonds is 7. The molecule has 0 saturated heterocycles. The number of nitrogen functional groups attached to an aromatic ring is 1. The average molecular weight is 418 g/mol. The van der Waals surface area contributed by atoms with Gasteiger partial charge in [0.15, 0.2) is 6.61 Å². The van der Waals surface area contributed by atoms with Gasteiger partial charge in [0.2, 0.25) is 5.91 Å². The lowest BCUT2D eigenvalue weighted by Crippen LogP contribution is -2.40. The van der Waals surface area contributed by atoms with Crippen molar-refractivity contribution in [2.45, 2.75) is 20.8 Å². The lowest BCUT2D eigenvalue weighted by molar-refractivity contribution is -0.137. The smallest absolute Gasteiger partial charge is 0.340 e. The summed E-state index contributed by atoms with van der Waals surface area (Å²) in [5.74, 6) is -1.54. The maximum atomic E-state index is 12.4. The van der Waals surface area contributed by atoms with Crippen LogP contribution in [-0.4, -0.2) is 42.4 Å². The highest BCUT2D eigenvalue weighted by Gasteiger charge is 2.19. The van der Waals surface area contributed by atoms with Gasteiger partial charge in [-0.2, -0.15) is 0 Å². The number of esters is 1. The first-order valence-corrected chi connectivity index (χ1v) is 9.46. The Hall–Kier alpha value is -3.06. The van der Waals surface area contributed by atoms with Gasteiger partial charge in [0.05, 0.1) is 12.1 Å². The van der Waals surface area contributed by atoms with Gasteiger partial charge in [-0.25, -0.2) is 4.79 Å². The number of ether oxygens (including phenoxy) is 1. The number of hydrogen-bond donors (Lipinski definition) is 2. The zero-order valence-corrected chi connectivity index (χ0v) is 17.4. The number of anilines is 2. The normalized spacial score (nSPS) is 10.3. The van der Waals surface area contributed by atoms with Crippen LogP contribution in [0.15, 0.2) is 36.4 Å². The van der Waals surface area contributed by atoms with E-state index in [-0.39, 0.29) is 24.6 Å². The van der Waals surface area contributed by atoms with Crippen LogP contribution in [0.5, 0.6) is 0 Å². The molecule has 0 heterocycles. The maximum absolute atomic E-state index is 12.4. The second kappa shape index (κ2) is 9.93. The molecule has 2 amide bonds. The molecule has 3 N–H and O–H groups in total. The summed E-state index contributed by atoms with van der Waals surface area (Å²) in [4.78, 5) is 38.2. The molecule has 0 spiro atoms. The number of para-hydroxylation sites is 1. The molecule has 8 heteroatoms. The maximum Gasteiger partial charge on any atom is 0.340 e. The van der Waals surface area contributed by atoms with Gasteiger partial charge < -0.3 is 20.7 Å². The fourth-order valence-corrected chi connectivity index (χ4v) is 2.80. The molecule has 0 aliphatic rings. The standard InChI is InChI=1S/C21H24ClN3O4/c1-4-25(11-18(26)24-17-10-15(22)9-8-13(17)2)19(27)12-29-21(28)16-7-5-6-14(3)20(16)23/h5-10H,4,11-12,23H2,1-3H3,(H,24,26). The van der Waals surface area contributed by atoms with Crippen molar-refractivity contribution in [1.29, 1.82) is 0 Å². The van der Waals surface area contributed by atoms with Crippen molar-refractivity contribution in [3.8, 4) is 0 Å². The van der Waals surface area contributed by atoms with Crippen LogP contribution >= 0.6 is 11.6 Å². The van der Waals surface area contributed by atoms with Gasteiger partial charge in [-0.1, -0.05) is 29.8 Å². The number of nitrogens with two attached hydrogens (primary N) is 1. The van der Waals surface area contributed by atoms with E-state index in [9.17, 15) is 14.4 Å². The summed E-state index contributed by atoms with van der Waals surface area (Å²) in [7, 11) is 0. The van der Waals surface area contributed by atoms with Gasteiger partial charge in [0, 0.05) is 22.9 Å². The summed E-state index contributed by atoms with van der Waals surface area (Å²) < 4.78 is 5.08. The van der Waals surface area contributed by atoms with E-state index in [2.05, 4.69) is 5.32 Å². The van der Waals surface area contributed by atoms with Crippen molar-refractivity contribution in [3.05, 3.63) is 58.1 Å². The summed E-state index contributed by atoms with van der Waals surface area (Å²) in [5, 5.41) is 3.23. The first kappa shape index (κ1) is 22.2. The number of nitrogens with one attached hydrogen (secondary N) is 1. The number of benzene rings is 2. The van der Waals surface area contributed by atoms with Crippen LogP contribution in [0, 0.1) is 13.8 Å². The number of hydrogen-bond acceptors (Lipinski definition) is 5. The van der Waals surface area contributed by atoms with Crippen molar-refractivity contribution in [2.75, 3.05) is 30.7 Å². The molecule has 0 aromatic heterocycles. The number of amides is 2. The minimum atomic E-state index is -0.686. The van der Waals surface area contributed by atoms with Crippen LogP contribution in [0.2, 0.25) is 5.02 Å². The minimum absolute atomic E-state index is 0.175. The van der Waals surface area contributed by atoms with Crippen LogP contribution in [0.25, 0.3) is 0 Å². The summed E-state index contributed by atoms with van der Waals surface area (Å²) in [6.45, 7) is 4.97. The second-order valence-electron chi connectivity index (χ2n) is 6.53. The number of halogens is 1. The van der Waals surface area contributed by atoms with E-state index in [1.807, 2.05) is 6.92 Å². The fourth-order valence-electron chi connectivity index (χ4n) is 2.62. The Kier molecular flexibility index (Phi) is 7.61. The molecule has 2 rings (SSSR count). The third kappa shape index (κ3) is 5.96. The van der Waals surface area contributed by atoms with Crippen molar-refractivity contribution >= 4 is 40.8 Å². The molecule has 0 fully saturated rings. The lowest BCUT2D eigenvalue weighted by Gasteiger charge is -2.20. The third-order valence-corrected chi connectivity index (χ3v) is 4.65. The highest BCUT2D eigenvalue weighted by molar-refractivity contribution is 6.31. The van der Waals surface area contributed by atoms with E-state index in [4.69, 9.17) is 22.1 Å². The molecule has 0 aliphatic carbocycles. The number of likely N-dealkylation sites (N-methyl/N-ethyl adjacent to an activating group) is 1. The summed E-state index contributed by atoms with van der Waals surface area (Å²) in [6, 6.07) is 10.1. The van der Waals surface area contributed by atoms with Crippen LogP contribution in [0.4, 0.5) is 11.4 Å². The SMILES string of the molecule is CCN(CC(=O)Nc1cc(Cl)ccc1C)C(=O)COC(=O)c1cccc(C)c1N. The topological polar surface area (TPSA) is 102 Å². The Labute approximate surface area is 174 Å². The monoisotopic (exact) mass is 417 g/mol. The quantitative estimate of drug-likeness (QED) is 0.532. The molecule has 0 bridgehead atoms. The van der Waals surface area contributed by atoms with Gasteiger partial charge in [0.25, 0.3) is 5.91 Å². The van der Waals surface area contributed by atoms with E-state index in [0.29, 0.717) is 16.4 Å². The van der Waals surface area contributed by atoms with Gasteiger partial charge in [-0.05, 0) is 50.1 Å². The lowest BCUT2D eigenvalue weighted by atomic mass is 10.1. The molecule has 0 radical (unpaired) electrons. The molecule has 29 heavy (non-hydrogen) atoms. The van der Waals surface area contributed by atoms with E-state index >= 15 is 0 Å².